The third kappa shape index (κ3) is 3.68. The Kier molecular flexibility index (Phi) is 4.31. The van der Waals surface area contributed by atoms with Crippen molar-refractivity contribution in [2.75, 3.05) is 0 Å². The van der Waals surface area contributed by atoms with Gasteiger partial charge in [0.15, 0.2) is 0 Å². The number of benzene rings is 1. The largest absolute Gasteiger partial charge is 0.351 e. The van der Waals surface area contributed by atoms with E-state index in [0.29, 0.717) is 19.4 Å². The molecule has 0 aliphatic carbocycles. The second kappa shape index (κ2) is 6.37. The Morgan fingerprint density at radius 2 is 2.05 bits per heavy atom. The van der Waals surface area contributed by atoms with E-state index in [-0.39, 0.29) is 5.91 Å². The normalized spacial score (nSPS) is 10.9. The number of aryl methyl sites for hydroxylation is 2. The van der Waals surface area contributed by atoms with Crippen LogP contribution in [0.1, 0.15) is 21.2 Å². The lowest BCUT2D eigenvalue weighted by atomic mass is 10.3. The van der Waals surface area contributed by atoms with Crippen molar-refractivity contribution in [3.05, 3.63) is 51.2 Å². The second-order valence-corrected chi connectivity index (χ2v) is 7.35. The van der Waals surface area contributed by atoms with Gasteiger partial charge in [-0.1, -0.05) is 12.1 Å². The first-order chi connectivity index (χ1) is 10.2. The summed E-state index contributed by atoms with van der Waals surface area (Å²) in [5.41, 5.74) is 1.02. The summed E-state index contributed by atoms with van der Waals surface area (Å²) in [6.07, 6.45) is 1.19. The number of rotatable bonds is 5. The molecule has 108 valence electrons. The van der Waals surface area contributed by atoms with E-state index in [1.807, 2.05) is 18.2 Å². The Morgan fingerprint density at radius 1 is 1.19 bits per heavy atom. The molecule has 5 heteroatoms. The number of hydrogen-bond donors (Lipinski definition) is 1. The minimum Gasteiger partial charge on any atom is -0.351 e. The second-order valence-electron chi connectivity index (χ2n) is 4.86. The number of thiophene rings is 1. The Bertz CT molecular complexity index is 727. The molecule has 3 aromatic rings. The topological polar surface area (TPSA) is 42.0 Å². The van der Waals surface area contributed by atoms with E-state index < -0.39 is 0 Å². The standard InChI is InChI=1S/C16H16N2OS2/c1-11-6-7-12(20-11)10-17-15(19)8-9-16-18-13-4-2-3-5-14(13)21-16/h2-7H,8-10H2,1H3,(H,17,19). The highest BCUT2D eigenvalue weighted by atomic mass is 32.1. The van der Waals surface area contributed by atoms with Gasteiger partial charge in [-0.25, -0.2) is 4.98 Å². The molecule has 0 aliphatic heterocycles. The molecule has 0 fully saturated rings. The molecular formula is C16H16N2OS2. The third-order valence-corrected chi connectivity index (χ3v) is 5.26. The molecule has 3 rings (SSSR count). The molecule has 0 saturated heterocycles. The summed E-state index contributed by atoms with van der Waals surface area (Å²) in [6, 6.07) is 12.2. The highest BCUT2D eigenvalue weighted by Gasteiger charge is 2.07. The fourth-order valence-electron chi connectivity index (χ4n) is 2.10. The van der Waals surface area contributed by atoms with E-state index in [4.69, 9.17) is 0 Å². The van der Waals surface area contributed by atoms with Gasteiger partial charge in [-0.05, 0) is 31.2 Å². The Balaban J connectivity index is 1.51. The SMILES string of the molecule is Cc1ccc(CNC(=O)CCc2nc3ccccc3s2)s1. The van der Waals surface area contributed by atoms with Crippen molar-refractivity contribution in [2.24, 2.45) is 0 Å². The lowest BCUT2D eigenvalue weighted by Gasteiger charge is -2.02. The third-order valence-electron chi connectivity index (χ3n) is 3.16. The fourth-order valence-corrected chi connectivity index (χ4v) is 3.90. The number of para-hydroxylation sites is 1. The van der Waals surface area contributed by atoms with E-state index in [2.05, 4.69) is 35.4 Å². The van der Waals surface area contributed by atoms with Crippen molar-refractivity contribution in [1.82, 2.24) is 10.3 Å². The predicted octanol–water partition coefficient (Wildman–Crippen LogP) is 3.92. The summed E-state index contributed by atoms with van der Waals surface area (Å²) in [4.78, 5) is 18.9. The average molecular weight is 316 g/mol. The maximum atomic E-state index is 11.9. The highest BCUT2D eigenvalue weighted by molar-refractivity contribution is 7.18. The van der Waals surface area contributed by atoms with Crippen LogP contribution in [0.4, 0.5) is 0 Å². The molecule has 0 aliphatic rings. The van der Waals surface area contributed by atoms with Crippen LogP contribution in [0.15, 0.2) is 36.4 Å². The van der Waals surface area contributed by atoms with Gasteiger partial charge in [0.2, 0.25) is 5.91 Å². The van der Waals surface area contributed by atoms with Crippen LogP contribution in [0.25, 0.3) is 10.2 Å². The number of carbonyl (C=O) groups is 1. The molecule has 0 spiro atoms. The van der Waals surface area contributed by atoms with Crippen molar-refractivity contribution in [2.45, 2.75) is 26.3 Å². The van der Waals surface area contributed by atoms with Crippen LogP contribution in [-0.4, -0.2) is 10.9 Å². The number of fused-ring (bicyclic) bond motifs is 1. The summed E-state index contributed by atoms with van der Waals surface area (Å²) in [7, 11) is 0. The van der Waals surface area contributed by atoms with Gasteiger partial charge >= 0.3 is 0 Å². The van der Waals surface area contributed by atoms with E-state index in [1.54, 1.807) is 22.7 Å². The van der Waals surface area contributed by atoms with Crippen molar-refractivity contribution in [1.29, 1.82) is 0 Å². The lowest BCUT2D eigenvalue weighted by molar-refractivity contribution is -0.121. The molecule has 0 atom stereocenters. The summed E-state index contributed by atoms with van der Waals surface area (Å²) in [6.45, 7) is 2.69. The zero-order valence-corrected chi connectivity index (χ0v) is 13.4. The number of nitrogens with zero attached hydrogens (tertiary/aromatic N) is 1. The summed E-state index contributed by atoms with van der Waals surface area (Å²) in [5.74, 6) is 0.0836. The summed E-state index contributed by atoms with van der Waals surface area (Å²) in [5, 5.41) is 3.99. The molecule has 0 radical (unpaired) electrons. The molecule has 0 unspecified atom stereocenters. The van der Waals surface area contributed by atoms with E-state index >= 15 is 0 Å². The van der Waals surface area contributed by atoms with Gasteiger partial charge in [0.05, 0.1) is 21.8 Å². The van der Waals surface area contributed by atoms with Crippen LogP contribution in [-0.2, 0) is 17.8 Å². The molecule has 3 nitrogen and oxygen atoms in total. The molecule has 0 bridgehead atoms. The Morgan fingerprint density at radius 3 is 2.81 bits per heavy atom. The number of hydrogen-bond acceptors (Lipinski definition) is 4. The molecule has 21 heavy (non-hydrogen) atoms. The molecule has 2 heterocycles. The van der Waals surface area contributed by atoms with Crippen LogP contribution in [0, 0.1) is 6.92 Å². The van der Waals surface area contributed by atoms with Gasteiger partial charge < -0.3 is 5.32 Å². The first-order valence-corrected chi connectivity index (χ1v) is 8.50. The van der Waals surface area contributed by atoms with Gasteiger partial charge in [-0.3, -0.25) is 4.79 Å². The van der Waals surface area contributed by atoms with Gasteiger partial charge in [0, 0.05) is 22.6 Å². The maximum Gasteiger partial charge on any atom is 0.220 e. The van der Waals surface area contributed by atoms with Crippen LogP contribution < -0.4 is 5.32 Å². The summed E-state index contributed by atoms with van der Waals surface area (Å²) < 4.78 is 1.18. The van der Waals surface area contributed by atoms with Gasteiger partial charge in [-0.15, -0.1) is 22.7 Å². The maximum absolute atomic E-state index is 11.9. The molecular weight excluding hydrogens is 300 g/mol. The van der Waals surface area contributed by atoms with Crippen LogP contribution in [0.3, 0.4) is 0 Å². The molecule has 0 saturated carbocycles. The van der Waals surface area contributed by atoms with Crippen LogP contribution in [0.2, 0.25) is 0 Å². The van der Waals surface area contributed by atoms with Crippen molar-refractivity contribution in [3.63, 3.8) is 0 Å². The van der Waals surface area contributed by atoms with E-state index in [1.165, 1.54) is 14.5 Å². The molecule has 2 aromatic heterocycles. The zero-order chi connectivity index (χ0) is 14.7. The molecule has 1 aromatic carbocycles. The number of carbonyl (C=O) groups excluding carboxylic acids is 1. The molecule has 1 amide bonds. The van der Waals surface area contributed by atoms with Crippen molar-refractivity contribution < 1.29 is 4.79 Å². The Labute approximate surface area is 131 Å². The lowest BCUT2D eigenvalue weighted by Crippen LogP contribution is -2.22. The van der Waals surface area contributed by atoms with Crippen LogP contribution in [0.5, 0.6) is 0 Å². The number of nitrogens with one attached hydrogen (secondary N) is 1. The van der Waals surface area contributed by atoms with Crippen molar-refractivity contribution >= 4 is 38.8 Å². The first-order valence-electron chi connectivity index (χ1n) is 6.87. The summed E-state index contributed by atoms with van der Waals surface area (Å²) >= 11 is 3.39. The average Bonchev–Trinajstić information content (AvgIpc) is 3.08. The van der Waals surface area contributed by atoms with Crippen molar-refractivity contribution in [3.8, 4) is 0 Å². The minimum atomic E-state index is 0.0836. The van der Waals surface area contributed by atoms with Gasteiger partial charge in [-0.2, -0.15) is 0 Å². The van der Waals surface area contributed by atoms with Crippen LogP contribution >= 0.6 is 22.7 Å². The Hall–Kier alpha value is -1.72. The zero-order valence-electron chi connectivity index (χ0n) is 11.8. The van der Waals surface area contributed by atoms with E-state index in [0.717, 1.165) is 10.5 Å². The predicted molar refractivity (Wildman–Crippen MR) is 88.8 cm³/mol. The first kappa shape index (κ1) is 14.2. The van der Waals surface area contributed by atoms with E-state index in [9.17, 15) is 4.79 Å². The quantitative estimate of drug-likeness (QED) is 0.775. The van der Waals surface area contributed by atoms with Gasteiger partial charge in [0.1, 0.15) is 0 Å². The number of amides is 1. The smallest absolute Gasteiger partial charge is 0.220 e. The number of aromatic nitrogens is 1. The molecule has 1 N–H and O–H groups in total. The fraction of sp³-hybridized carbons (Fsp3) is 0.250. The number of thiazole rings is 1. The monoisotopic (exact) mass is 316 g/mol. The van der Waals surface area contributed by atoms with Gasteiger partial charge in [0.25, 0.3) is 0 Å². The minimum absolute atomic E-state index is 0.0836. The highest BCUT2D eigenvalue weighted by Crippen LogP contribution is 2.22.